The Kier molecular flexibility index (Phi) is 4.41. The van der Waals surface area contributed by atoms with E-state index in [1.165, 1.54) is 5.56 Å². The number of hydrogen-bond acceptors (Lipinski definition) is 3. The van der Waals surface area contributed by atoms with E-state index in [1.54, 1.807) is 4.90 Å². The maximum atomic E-state index is 13.3. The summed E-state index contributed by atoms with van der Waals surface area (Å²) in [6.45, 7) is 4.28. The fourth-order valence-electron chi connectivity index (χ4n) is 3.04. The van der Waals surface area contributed by atoms with Gasteiger partial charge in [0.15, 0.2) is 5.82 Å². The molecule has 3 rings (SSSR count). The number of nitrogens with zero attached hydrogens (tertiary/aromatic N) is 3. The highest BCUT2D eigenvalue weighted by molar-refractivity contribution is 5.79. The topological polar surface area (TPSA) is 61.9 Å². The van der Waals surface area contributed by atoms with Crippen molar-refractivity contribution in [3.63, 3.8) is 0 Å². The monoisotopic (exact) mass is 316 g/mol. The number of carbonyl (C=O) groups excluding carboxylic acids is 1. The van der Waals surface area contributed by atoms with Crippen molar-refractivity contribution in [1.82, 2.24) is 20.1 Å². The van der Waals surface area contributed by atoms with E-state index < -0.39 is 6.67 Å². The lowest BCUT2D eigenvalue weighted by molar-refractivity contribution is -0.129. The summed E-state index contributed by atoms with van der Waals surface area (Å²) in [4.78, 5) is 18.5. The molecule has 2 heterocycles. The Hall–Kier alpha value is -2.24. The highest BCUT2D eigenvalue weighted by Crippen LogP contribution is 2.31. The highest BCUT2D eigenvalue weighted by atomic mass is 19.1. The van der Waals surface area contributed by atoms with Crippen molar-refractivity contribution in [2.75, 3.05) is 19.8 Å². The zero-order valence-corrected chi connectivity index (χ0v) is 13.4. The van der Waals surface area contributed by atoms with Gasteiger partial charge in [-0.15, -0.1) is 0 Å². The molecule has 6 heteroatoms. The molecule has 0 radical (unpaired) electrons. The van der Waals surface area contributed by atoms with E-state index in [4.69, 9.17) is 0 Å². The molecule has 1 fully saturated rings. The number of carbonyl (C=O) groups is 1. The van der Waals surface area contributed by atoms with Gasteiger partial charge in [-0.3, -0.25) is 14.3 Å². The number of halogens is 1. The minimum absolute atomic E-state index is 0.0297. The van der Waals surface area contributed by atoms with Gasteiger partial charge in [-0.1, -0.05) is 29.8 Å². The molecule has 1 aromatic carbocycles. The Morgan fingerprint density at radius 1 is 1.30 bits per heavy atom. The average molecular weight is 316 g/mol. The molecule has 23 heavy (non-hydrogen) atoms. The number of benzene rings is 1. The first-order valence-corrected chi connectivity index (χ1v) is 7.85. The normalized spacial score (nSPS) is 20.9. The first-order chi connectivity index (χ1) is 11.1. The Balaban J connectivity index is 1.69. The summed E-state index contributed by atoms with van der Waals surface area (Å²) < 4.78 is 13.3. The van der Waals surface area contributed by atoms with E-state index in [0.717, 1.165) is 5.56 Å². The third kappa shape index (κ3) is 3.41. The summed E-state index contributed by atoms with van der Waals surface area (Å²) in [7, 11) is 0. The quantitative estimate of drug-likeness (QED) is 0.940. The number of aryl methyl sites for hydroxylation is 2. The van der Waals surface area contributed by atoms with Gasteiger partial charge in [-0.25, -0.2) is 4.98 Å². The van der Waals surface area contributed by atoms with Crippen molar-refractivity contribution >= 4 is 5.91 Å². The Labute approximate surface area is 134 Å². The van der Waals surface area contributed by atoms with E-state index in [2.05, 4.69) is 15.2 Å². The molecule has 0 aliphatic carbocycles. The Morgan fingerprint density at radius 2 is 2.04 bits per heavy atom. The third-order valence-corrected chi connectivity index (χ3v) is 4.41. The molecule has 2 atom stereocenters. The number of aromatic amines is 1. The Bertz CT molecular complexity index is 682. The van der Waals surface area contributed by atoms with E-state index in [1.807, 2.05) is 38.1 Å². The molecule has 1 aliphatic heterocycles. The number of likely N-dealkylation sites (tertiary alicyclic amines) is 1. The van der Waals surface area contributed by atoms with Gasteiger partial charge in [0.1, 0.15) is 5.82 Å². The summed E-state index contributed by atoms with van der Waals surface area (Å²) >= 11 is 0. The van der Waals surface area contributed by atoms with E-state index in [9.17, 15) is 9.18 Å². The smallest absolute Gasteiger partial charge is 0.227 e. The van der Waals surface area contributed by atoms with Crippen LogP contribution in [0.15, 0.2) is 24.3 Å². The molecular formula is C17H21FN4O. The van der Waals surface area contributed by atoms with Crippen molar-refractivity contribution in [2.45, 2.75) is 26.2 Å². The first-order valence-electron chi connectivity index (χ1n) is 7.85. The van der Waals surface area contributed by atoms with Gasteiger partial charge in [0.25, 0.3) is 0 Å². The Morgan fingerprint density at radius 3 is 2.65 bits per heavy atom. The molecule has 1 amide bonds. The zero-order chi connectivity index (χ0) is 16.4. The molecule has 0 bridgehead atoms. The van der Waals surface area contributed by atoms with Gasteiger partial charge in [0.2, 0.25) is 5.91 Å². The summed E-state index contributed by atoms with van der Waals surface area (Å²) in [5, 5.41) is 6.94. The molecule has 122 valence electrons. The second-order valence-corrected chi connectivity index (χ2v) is 6.26. The lowest BCUT2D eigenvalue weighted by Crippen LogP contribution is -2.30. The lowest BCUT2D eigenvalue weighted by Gasteiger charge is -2.16. The van der Waals surface area contributed by atoms with Crippen LogP contribution in [0.25, 0.3) is 0 Å². The second-order valence-electron chi connectivity index (χ2n) is 6.26. The largest absolute Gasteiger partial charge is 0.341 e. The molecule has 0 spiro atoms. The number of alkyl halides is 1. The predicted octanol–water partition coefficient (Wildman–Crippen LogP) is 2.18. The second kappa shape index (κ2) is 6.48. The SMILES string of the molecule is Cc1ccc(CC(=O)N2C[C@@H](CF)[C@H](c3n[nH]c(C)n3)C2)cc1. The van der Waals surface area contributed by atoms with Gasteiger partial charge in [0.05, 0.1) is 13.1 Å². The molecular weight excluding hydrogens is 295 g/mol. The number of rotatable bonds is 4. The number of H-pyrrole nitrogens is 1. The first kappa shape index (κ1) is 15.6. The summed E-state index contributed by atoms with van der Waals surface area (Å²) in [6, 6.07) is 7.92. The van der Waals surface area contributed by atoms with Crippen LogP contribution >= 0.6 is 0 Å². The summed E-state index contributed by atoms with van der Waals surface area (Å²) in [5.41, 5.74) is 2.15. The summed E-state index contributed by atoms with van der Waals surface area (Å²) in [6.07, 6.45) is 0.346. The zero-order valence-electron chi connectivity index (χ0n) is 13.4. The van der Waals surface area contributed by atoms with Gasteiger partial charge in [0, 0.05) is 24.9 Å². The van der Waals surface area contributed by atoms with Crippen molar-refractivity contribution in [1.29, 1.82) is 0 Å². The number of nitrogens with one attached hydrogen (secondary N) is 1. The van der Waals surface area contributed by atoms with Crippen LogP contribution in [-0.4, -0.2) is 45.8 Å². The minimum Gasteiger partial charge on any atom is -0.341 e. The van der Waals surface area contributed by atoms with Gasteiger partial charge >= 0.3 is 0 Å². The van der Waals surface area contributed by atoms with Gasteiger partial charge < -0.3 is 4.90 Å². The summed E-state index contributed by atoms with van der Waals surface area (Å²) in [5.74, 6) is 0.985. The highest BCUT2D eigenvalue weighted by Gasteiger charge is 2.38. The molecule has 1 aliphatic rings. The maximum absolute atomic E-state index is 13.3. The van der Waals surface area contributed by atoms with Crippen LogP contribution in [0.1, 0.15) is 28.7 Å². The van der Waals surface area contributed by atoms with E-state index in [-0.39, 0.29) is 17.7 Å². The number of hydrogen-bond donors (Lipinski definition) is 1. The van der Waals surface area contributed by atoms with Gasteiger partial charge in [-0.2, -0.15) is 5.10 Å². The maximum Gasteiger partial charge on any atom is 0.227 e. The number of amides is 1. The molecule has 0 saturated carbocycles. The van der Waals surface area contributed by atoms with Crippen LogP contribution in [0.3, 0.4) is 0 Å². The fraction of sp³-hybridized carbons (Fsp3) is 0.471. The van der Waals surface area contributed by atoms with Crippen LogP contribution in [0, 0.1) is 19.8 Å². The van der Waals surface area contributed by atoms with Gasteiger partial charge in [-0.05, 0) is 19.4 Å². The third-order valence-electron chi connectivity index (χ3n) is 4.41. The van der Waals surface area contributed by atoms with Crippen molar-refractivity contribution in [3.8, 4) is 0 Å². The molecule has 1 saturated heterocycles. The van der Waals surface area contributed by atoms with Crippen LogP contribution in [0.2, 0.25) is 0 Å². The molecule has 2 aromatic rings. The van der Waals surface area contributed by atoms with E-state index >= 15 is 0 Å². The molecule has 0 unspecified atom stereocenters. The van der Waals surface area contributed by atoms with Crippen LogP contribution in [-0.2, 0) is 11.2 Å². The van der Waals surface area contributed by atoms with Crippen LogP contribution < -0.4 is 0 Å². The fourth-order valence-corrected chi connectivity index (χ4v) is 3.04. The number of aromatic nitrogens is 3. The van der Waals surface area contributed by atoms with Crippen molar-refractivity contribution < 1.29 is 9.18 Å². The molecule has 1 N–H and O–H groups in total. The minimum atomic E-state index is -0.466. The molecule has 5 nitrogen and oxygen atoms in total. The van der Waals surface area contributed by atoms with Crippen molar-refractivity contribution in [2.24, 2.45) is 5.92 Å². The van der Waals surface area contributed by atoms with Crippen LogP contribution in [0.4, 0.5) is 4.39 Å². The van der Waals surface area contributed by atoms with Crippen LogP contribution in [0.5, 0.6) is 0 Å². The lowest BCUT2D eigenvalue weighted by atomic mass is 9.97. The van der Waals surface area contributed by atoms with Crippen molar-refractivity contribution in [3.05, 3.63) is 47.0 Å². The van der Waals surface area contributed by atoms with E-state index in [0.29, 0.717) is 31.2 Å². The predicted molar refractivity (Wildman–Crippen MR) is 84.8 cm³/mol. The standard InChI is InChI=1S/C17H21FN4O/c1-11-3-5-13(6-4-11)7-16(23)22-9-14(8-18)15(10-22)17-19-12(2)20-21-17/h3-6,14-15H,7-10H2,1-2H3,(H,19,20,21)/t14-,15-/m1/s1. The molecule has 1 aromatic heterocycles. The average Bonchev–Trinajstić information content (AvgIpc) is 3.15.